The fourth-order valence-electron chi connectivity index (χ4n) is 5.78. The van der Waals surface area contributed by atoms with Gasteiger partial charge in [-0.15, -0.1) is 0 Å². The lowest BCUT2D eigenvalue weighted by Gasteiger charge is -2.41. The van der Waals surface area contributed by atoms with E-state index in [-0.39, 0.29) is 68.3 Å². The number of hydrogen-bond donors (Lipinski definition) is 1. The van der Waals surface area contributed by atoms with Crippen molar-refractivity contribution >= 4 is 17.7 Å². The van der Waals surface area contributed by atoms with Gasteiger partial charge in [0.15, 0.2) is 0 Å². The number of benzene rings is 1. The highest BCUT2D eigenvalue weighted by Crippen LogP contribution is 2.22. The molecule has 5 rings (SSSR count). The number of likely N-dealkylation sites (tertiary alicyclic amines) is 1. The highest BCUT2D eigenvalue weighted by molar-refractivity contribution is 5.96. The van der Waals surface area contributed by atoms with Gasteiger partial charge in [0.1, 0.15) is 24.6 Å². The standard InChI is InChI=1S/C30H38FN5O5/c1-2-3-4-7-13-34-17-25-26(18-34)40-20-27(37)36-15-14-35(30(39)22-9-5-6-11-24(22)31)16-21(36)19-41-29-23(28(38)33-25)10-8-12-32-29/h5-6,8-12,21,25-26H,2-4,7,13-20H2,1H3,(H,33,38)/t21-,25+,26-/m0/s1. The Labute approximate surface area is 239 Å². The Morgan fingerprint density at radius 2 is 1.93 bits per heavy atom. The summed E-state index contributed by atoms with van der Waals surface area (Å²) in [6.45, 7) is 4.83. The molecule has 3 aliphatic heterocycles. The lowest BCUT2D eigenvalue weighted by Crippen LogP contribution is -2.59. The third kappa shape index (κ3) is 6.84. The van der Waals surface area contributed by atoms with Crippen LogP contribution in [0.4, 0.5) is 4.39 Å². The molecule has 2 saturated heterocycles. The SMILES string of the molecule is CCCCCCN1C[C@@H]2OCC(=O)N3CCN(C(=O)c4ccccc4F)C[C@H]3COc3ncccc3C(=O)N[C@@H]2C1. The Balaban J connectivity index is 1.35. The quantitative estimate of drug-likeness (QED) is 0.535. The van der Waals surface area contributed by atoms with E-state index in [1.54, 1.807) is 29.3 Å². The highest BCUT2D eigenvalue weighted by atomic mass is 19.1. The molecule has 1 aromatic carbocycles. The maximum Gasteiger partial charge on any atom is 0.257 e. The molecule has 3 amide bonds. The number of nitrogens with zero attached hydrogens (tertiary/aromatic N) is 4. The number of ether oxygens (including phenoxy) is 2. The van der Waals surface area contributed by atoms with E-state index in [0.717, 1.165) is 25.8 Å². The first-order valence-electron chi connectivity index (χ1n) is 14.5. The maximum atomic E-state index is 14.4. The van der Waals surface area contributed by atoms with Crippen molar-refractivity contribution in [3.05, 3.63) is 59.5 Å². The molecule has 11 heteroatoms. The molecule has 4 heterocycles. The van der Waals surface area contributed by atoms with Crippen LogP contribution < -0.4 is 10.1 Å². The first kappa shape index (κ1) is 28.9. The van der Waals surface area contributed by atoms with Crippen molar-refractivity contribution in [1.82, 2.24) is 25.0 Å². The molecule has 41 heavy (non-hydrogen) atoms. The molecule has 10 nitrogen and oxygen atoms in total. The predicted molar refractivity (Wildman–Crippen MR) is 149 cm³/mol. The molecule has 3 atom stereocenters. The summed E-state index contributed by atoms with van der Waals surface area (Å²) in [6.07, 6.45) is 5.76. The number of aromatic nitrogens is 1. The van der Waals surface area contributed by atoms with Crippen molar-refractivity contribution in [1.29, 1.82) is 0 Å². The molecule has 3 aliphatic rings. The van der Waals surface area contributed by atoms with Crippen molar-refractivity contribution in [3.63, 3.8) is 0 Å². The van der Waals surface area contributed by atoms with Crippen LogP contribution in [0.2, 0.25) is 0 Å². The van der Waals surface area contributed by atoms with Crippen LogP contribution in [0.1, 0.15) is 53.3 Å². The summed E-state index contributed by atoms with van der Waals surface area (Å²) in [4.78, 5) is 49.7. The van der Waals surface area contributed by atoms with Crippen molar-refractivity contribution in [2.45, 2.75) is 50.8 Å². The number of pyridine rings is 1. The minimum Gasteiger partial charge on any atom is -0.475 e. The zero-order valence-corrected chi connectivity index (χ0v) is 23.5. The van der Waals surface area contributed by atoms with E-state index in [4.69, 9.17) is 9.47 Å². The number of carbonyl (C=O) groups is 3. The Kier molecular flexibility index (Phi) is 9.45. The largest absolute Gasteiger partial charge is 0.475 e. The number of fused-ring (bicyclic) bond motifs is 3. The molecule has 2 aromatic rings. The summed E-state index contributed by atoms with van der Waals surface area (Å²) in [5.41, 5.74) is 0.274. The summed E-state index contributed by atoms with van der Waals surface area (Å²) < 4.78 is 26.6. The van der Waals surface area contributed by atoms with Gasteiger partial charge in [-0.25, -0.2) is 9.37 Å². The van der Waals surface area contributed by atoms with Crippen LogP contribution in [-0.2, 0) is 9.53 Å². The van der Waals surface area contributed by atoms with E-state index in [9.17, 15) is 18.8 Å². The van der Waals surface area contributed by atoms with Gasteiger partial charge in [-0.05, 0) is 37.2 Å². The molecule has 0 saturated carbocycles. The van der Waals surface area contributed by atoms with Crippen LogP contribution in [0.3, 0.4) is 0 Å². The van der Waals surface area contributed by atoms with Gasteiger partial charge >= 0.3 is 0 Å². The first-order chi connectivity index (χ1) is 19.9. The summed E-state index contributed by atoms with van der Waals surface area (Å²) in [5, 5.41) is 3.09. The van der Waals surface area contributed by atoms with E-state index in [1.807, 2.05) is 0 Å². The molecule has 2 fully saturated rings. The van der Waals surface area contributed by atoms with Crippen LogP contribution in [0.25, 0.3) is 0 Å². The number of rotatable bonds is 6. The van der Waals surface area contributed by atoms with Gasteiger partial charge in [-0.1, -0.05) is 38.3 Å². The lowest BCUT2D eigenvalue weighted by molar-refractivity contribution is -0.143. The monoisotopic (exact) mass is 567 g/mol. The second-order valence-corrected chi connectivity index (χ2v) is 10.9. The second kappa shape index (κ2) is 13.4. The van der Waals surface area contributed by atoms with Gasteiger partial charge in [0.25, 0.3) is 11.8 Å². The van der Waals surface area contributed by atoms with E-state index in [0.29, 0.717) is 18.7 Å². The number of piperazine rings is 1. The molecule has 0 aliphatic carbocycles. The third-order valence-electron chi connectivity index (χ3n) is 8.03. The molecule has 0 spiro atoms. The van der Waals surface area contributed by atoms with Crippen molar-refractivity contribution in [2.24, 2.45) is 0 Å². The highest BCUT2D eigenvalue weighted by Gasteiger charge is 2.38. The summed E-state index contributed by atoms with van der Waals surface area (Å²) in [7, 11) is 0. The van der Waals surface area contributed by atoms with Crippen molar-refractivity contribution in [2.75, 3.05) is 52.5 Å². The van der Waals surface area contributed by atoms with Gasteiger partial charge in [-0.3, -0.25) is 19.3 Å². The number of carbonyl (C=O) groups excluding carboxylic acids is 3. The van der Waals surface area contributed by atoms with Crippen LogP contribution in [-0.4, -0.2) is 108 Å². The molecule has 1 aromatic heterocycles. The number of halogens is 1. The fourth-order valence-corrected chi connectivity index (χ4v) is 5.78. The van der Waals surface area contributed by atoms with Crippen LogP contribution in [0, 0.1) is 5.82 Å². The maximum absolute atomic E-state index is 14.4. The van der Waals surface area contributed by atoms with Crippen LogP contribution in [0.5, 0.6) is 5.88 Å². The average Bonchev–Trinajstić information content (AvgIpc) is 3.37. The van der Waals surface area contributed by atoms with E-state index >= 15 is 0 Å². The van der Waals surface area contributed by atoms with Crippen LogP contribution in [0.15, 0.2) is 42.6 Å². The average molecular weight is 568 g/mol. The Bertz CT molecular complexity index is 1250. The normalized spacial score (nSPS) is 23.7. The topological polar surface area (TPSA) is 104 Å². The van der Waals surface area contributed by atoms with Crippen molar-refractivity contribution in [3.8, 4) is 5.88 Å². The molecule has 0 radical (unpaired) electrons. The Morgan fingerprint density at radius 1 is 1.07 bits per heavy atom. The van der Waals surface area contributed by atoms with Crippen LogP contribution >= 0.6 is 0 Å². The summed E-state index contributed by atoms with van der Waals surface area (Å²) in [5.74, 6) is -1.42. The van der Waals surface area contributed by atoms with Gasteiger partial charge < -0.3 is 24.6 Å². The zero-order chi connectivity index (χ0) is 28.8. The molecule has 1 N–H and O–H groups in total. The first-order valence-corrected chi connectivity index (χ1v) is 14.5. The Morgan fingerprint density at radius 3 is 2.76 bits per heavy atom. The Hall–Kier alpha value is -3.57. The zero-order valence-electron chi connectivity index (χ0n) is 23.5. The minimum atomic E-state index is -0.592. The third-order valence-corrected chi connectivity index (χ3v) is 8.03. The molecule has 0 bridgehead atoms. The minimum absolute atomic E-state index is 0.00246. The second-order valence-electron chi connectivity index (χ2n) is 10.9. The van der Waals surface area contributed by atoms with Gasteiger partial charge in [0.2, 0.25) is 11.8 Å². The van der Waals surface area contributed by atoms with Gasteiger partial charge in [-0.2, -0.15) is 0 Å². The molecule has 0 unspecified atom stereocenters. The van der Waals surface area contributed by atoms with E-state index in [2.05, 4.69) is 22.1 Å². The number of nitrogens with one attached hydrogen (secondary N) is 1. The predicted octanol–water partition coefficient (Wildman–Crippen LogP) is 2.35. The molecular formula is C30H38FN5O5. The number of amides is 3. The summed E-state index contributed by atoms with van der Waals surface area (Å²) in [6, 6.07) is 8.36. The van der Waals surface area contributed by atoms with Gasteiger partial charge in [0.05, 0.1) is 23.8 Å². The molecular weight excluding hydrogens is 529 g/mol. The lowest BCUT2D eigenvalue weighted by atomic mass is 10.1. The fraction of sp³-hybridized carbons (Fsp3) is 0.533. The smallest absolute Gasteiger partial charge is 0.257 e. The number of hydrogen-bond acceptors (Lipinski definition) is 7. The van der Waals surface area contributed by atoms with Gasteiger partial charge in [0, 0.05) is 38.9 Å². The van der Waals surface area contributed by atoms with E-state index in [1.165, 1.54) is 29.5 Å². The van der Waals surface area contributed by atoms with E-state index < -0.39 is 17.8 Å². The molecule has 220 valence electrons. The summed E-state index contributed by atoms with van der Waals surface area (Å²) >= 11 is 0. The van der Waals surface area contributed by atoms with Crippen molar-refractivity contribution < 1.29 is 28.2 Å². The number of unbranched alkanes of at least 4 members (excludes halogenated alkanes) is 3.